The highest BCUT2D eigenvalue weighted by atomic mass is 32.2. The van der Waals surface area contributed by atoms with Gasteiger partial charge in [0.1, 0.15) is 6.10 Å². The average molecular weight is 434 g/mol. The number of carboxylic acids is 1. The van der Waals surface area contributed by atoms with Crippen LogP contribution in [0.25, 0.3) is 0 Å². The summed E-state index contributed by atoms with van der Waals surface area (Å²) in [4.78, 5) is 23.9. The van der Waals surface area contributed by atoms with E-state index in [9.17, 15) is 18.0 Å². The second-order valence-corrected chi connectivity index (χ2v) is 9.56. The zero-order valence-corrected chi connectivity index (χ0v) is 18.3. The average Bonchev–Trinajstić information content (AvgIpc) is 2.67. The van der Waals surface area contributed by atoms with E-state index in [2.05, 4.69) is 5.32 Å². The van der Waals surface area contributed by atoms with E-state index in [0.29, 0.717) is 0 Å². The lowest BCUT2D eigenvalue weighted by Crippen LogP contribution is -2.40. The van der Waals surface area contributed by atoms with E-state index in [0.717, 1.165) is 17.4 Å². The SMILES string of the molecule is CC(C)[C@H](OCc1ccc(S(C)(=O)=O)cc1)C(=O)N[C@@H](C)c1ccc(C(=O)O)cc1. The van der Waals surface area contributed by atoms with Crippen molar-refractivity contribution in [1.82, 2.24) is 5.32 Å². The molecule has 0 heterocycles. The Balaban J connectivity index is 2.01. The molecule has 8 heteroatoms. The molecule has 0 bridgehead atoms. The van der Waals surface area contributed by atoms with E-state index >= 15 is 0 Å². The number of nitrogens with one attached hydrogen (secondary N) is 1. The number of aromatic carboxylic acids is 1. The van der Waals surface area contributed by atoms with Gasteiger partial charge in [0, 0.05) is 6.26 Å². The minimum absolute atomic E-state index is 0.0816. The van der Waals surface area contributed by atoms with Gasteiger partial charge in [-0.25, -0.2) is 13.2 Å². The highest BCUT2D eigenvalue weighted by molar-refractivity contribution is 7.90. The van der Waals surface area contributed by atoms with Crippen molar-refractivity contribution in [3.05, 3.63) is 65.2 Å². The summed E-state index contributed by atoms with van der Waals surface area (Å²) in [6, 6.07) is 12.4. The van der Waals surface area contributed by atoms with E-state index in [1.165, 1.54) is 24.3 Å². The van der Waals surface area contributed by atoms with Crippen LogP contribution in [0.1, 0.15) is 48.3 Å². The first kappa shape index (κ1) is 23.6. The van der Waals surface area contributed by atoms with Crippen LogP contribution in [0.4, 0.5) is 0 Å². The summed E-state index contributed by atoms with van der Waals surface area (Å²) < 4.78 is 28.9. The molecule has 0 aliphatic carbocycles. The lowest BCUT2D eigenvalue weighted by molar-refractivity contribution is -0.137. The molecule has 0 fully saturated rings. The first-order valence-electron chi connectivity index (χ1n) is 9.53. The molecule has 0 unspecified atom stereocenters. The van der Waals surface area contributed by atoms with Crippen LogP contribution in [0.2, 0.25) is 0 Å². The van der Waals surface area contributed by atoms with Gasteiger partial charge in [0.25, 0.3) is 0 Å². The molecule has 0 radical (unpaired) electrons. The molecule has 7 nitrogen and oxygen atoms in total. The maximum Gasteiger partial charge on any atom is 0.335 e. The second kappa shape index (κ2) is 9.86. The van der Waals surface area contributed by atoms with Crippen molar-refractivity contribution in [3.63, 3.8) is 0 Å². The summed E-state index contributed by atoms with van der Waals surface area (Å²) in [7, 11) is -3.26. The Bertz CT molecular complexity index is 981. The Labute approximate surface area is 177 Å². The van der Waals surface area contributed by atoms with E-state index in [4.69, 9.17) is 9.84 Å². The molecule has 0 saturated heterocycles. The van der Waals surface area contributed by atoms with Gasteiger partial charge in [-0.05, 0) is 48.2 Å². The van der Waals surface area contributed by atoms with E-state index in [1.807, 2.05) is 20.8 Å². The second-order valence-electron chi connectivity index (χ2n) is 7.55. The molecule has 0 spiro atoms. The number of ether oxygens (including phenoxy) is 1. The van der Waals surface area contributed by atoms with Crippen LogP contribution in [0.15, 0.2) is 53.4 Å². The standard InChI is InChI=1S/C22H27NO6S/c1-14(2)20(29-13-16-5-11-19(12-6-16)30(4,27)28)21(24)23-15(3)17-7-9-18(10-8-17)22(25)26/h5-12,14-15,20H,13H2,1-4H3,(H,23,24)(H,25,26)/t15-,20-/m0/s1. The molecule has 2 N–H and O–H groups in total. The predicted octanol–water partition coefficient (Wildman–Crippen LogP) is 3.21. The minimum Gasteiger partial charge on any atom is -0.478 e. The molecule has 2 rings (SSSR count). The topological polar surface area (TPSA) is 110 Å². The number of carboxylic acid groups (broad SMARTS) is 1. The van der Waals surface area contributed by atoms with Crippen LogP contribution in [-0.2, 0) is 26.0 Å². The van der Waals surface area contributed by atoms with Gasteiger partial charge in [0.15, 0.2) is 9.84 Å². The third-order valence-electron chi connectivity index (χ3n) is 4.66. The summed E-state index contributed by atoms with van der Waals surface area (Å²) in [6.45, 7) is 5.74. The Morgan fingerprint density at radius 1 is 1.00 bits per heavy atom. The van der Waals surface area contributed by atoms with Gasteiger partial charge in [0.05, 0.1) is 23.1 Å². The van der Waals surface area contributed by atoms with Crippen LogP contribution in [0, 0.1) is 5.92 Å². The predicted molar refractivity (Wildman–Crippen MR) is 113 cm³/mol. The number of benzene rings is 2. The number of hydrogen-bond acceptors (Lipinski definition) is 5. The van der Waals surface area contributed by atoms with Gasteiger partial charge in [-0.2, -0.15) is 0 Å². The maximum atomic E-state index is 12.7. The fraction of sp³-hybridized carbons (Fsp3) is 0.364. The Hall–Kier alpha value is -2.71. The molecule has 0 aliphatic heterocycles. The zero-order valence-electron chi connectivity index (χ0n) is 17.5. The number of hydrogen-bond donors (Lipinski definition) is 2. The summed E-state index contributed by atoms with van der Waals surface area (Å²) >= 11 is 0. The van der Waals surface area contributed by atoms with Gasteiger partial charge in [-0.3, -0.25) is 4.79 Å². The fourth-order valence-electron chi connectivity index (χ4n) is 2.88. The lowest BCUT2D eigenvalue weighted by Gasteiger charge is -2.23. The van der Waals surface area contributed by atoms with Gasteiger partial charge < -0.3 is 15.2 Å². The number of sulfone groups is 1. The largest absolute Gasteiger partial charge is 0.478 e. The lowest BCUT2D eigenvalue weighted by atomic mass is 10.0. The molecule has 2 aromatic rings. The molecular weight excluding hydrogens is 406 g/mol. The number of carbonyl (C=O) groups is 2. The summed E-state index contributed by atoms with van der Waals surface area (Å²) in [6.07, 6.45) is 0.453. The quantitative estimate of drug-likeness (QED) is 0.628. The smallest absolute Gasteiger partial charge is 0.335 e. The number of rotatable bonds is 9. The minimum atomic E-state index is -3.26. The van der Waals surface area contributed by atoms with Crippen molar-refractivity contribution < 1.29 is 27.9 Å². The summed E-state index contributed by atoms with van der Waals surface area (Å²) in [5.41, 5.74) is 1.73. The monoisotopic (exact) mass is 433 g/mol. The highest BCUT2D eigenvalue weighted by Crippen LogP contribution is 2.17. The Morgan fingerprint density at radius 2 is 1.57 bits per heavy atom. The molecule has 1 amide bonds. The van der Waals surface area contributed by atoms with Crippen molar-refractivity contribution in [2.45, 2.75) is 44.4 Å². The first-order chi connectivity index (χ1) is 14.0. The van der Waals surface area contributed by atoms with Crippen molar-refractivity contribution in [2.75, 3.05) is 6.26 Å². The van der Waals surface area contributed by atoms with Gasteiger partial charge >= 0.3 is 5.97 Å². The normalized spacial score (nSPS) is 13.6. The molecule has 0 aliphatic rings. The fourth-order valence-corrected chi connectivity index (χ4v) is 3.51. The van der Waals surface area contributed by atoms with Crippen LogP contribution in [0.5, 0.6) is 0 Å². The highest BCUT2D eigenvalue weighted by Gasteiger charge is 2.25. The molecular formula is C22H27NO6S. The summed E-state index contributed by atoms with van der Waals surface area (Å²) in [5, 5.41) is 11.9. The van der Waals surface area contributed by atoms with E-state index in [1.54, 1.807) is 24.3 Å². The van der Waals surface area contributed by atoms with Crippen LogP contribution < -0.4 is 5.32 Å². The molecule has 0 saturated carbocycles. The van der Waals surface area contributed by atoms with E-state index < -0.39 is 21.9 Å². The molecule has 0 aromatic heterocycles. The first-order valence-corrected chi connectivity index (χ1v) is 11.4. The van der Waals surface area contributed by atoms with Gasteiger partial charge in [-0.1, -0.05) is 38.1 Å². The molecule has 162 valence electrons. The van der Waals surface area contributed by atoms with Gasteiger partial charge in [-0.15, -0.1) is 0 Å². The van der Waals surface area contributed by atoms with Crippen LogP contribution in [0.3, 0.4) is 0 Å². The number of carbonyl (C=O) groups excluding carboxylic acids is 1. The third kappa shape index (κ3) is 6.40. The van der Waals surface area contributed by atoms with Crippen molar-refractivity contribution >= 4 is 21.7 Å². The van der Waals surface area contributed by atoms with Crippen molar-refractivity contribution in [1.29, 1.82) is 0 Å². The zero-order chi connectivity index (χ0) is 22.5. The Morgan fingerprint density at radius 3 is 2.03 bits per heavy atom. The maximum absolute atomic E-state index is 12.7. The molecule has 30 heavy (non-hydrogen) atoms. The van der Waals surface area contributed by atoms with Crippen LogP contribution in [-0.4, -0.2) is 37.8 Å². The van der Waals surface area contributed by atoms with E-state index in [-0.39, 0.29) is 34.9 Å². The summed E-state index contributed by atoms with van der Waals surface area (Å²) in [5.74, 6) is -1.36. The molecule has 2 aromatic carbocycles. The van der Waals surface area contributed by atoms with Crippen LogP contribution >= 0.6 is 0 Å². The van der Waals surface area contributed by atoms with Crippen molar-refractivity contribution in [3.8, 4) is 0 Å². The van der Waals surface area contributed by atoms with Crippen molar-refractivity contribution in [2.24, 2.45) is 5.92 Å². The third-order valence-corrected chi connectivity index (χ3v) is 5.79. The number of amides is 1. The van der Waals surface area contributed by atoms with Gasteiger partial charge in [0.2, 0.25) is 5.91 Å². The Kier molecular flexibility index (Phi) is 7.75. The molecule has 2 atom stereocenters.